The first-order valence-electron chi connectivity index (χ1n) is 6.49. The van der Waals surface area contributed by atoms with Crippen molar-refractivity contribution in [3.8, 4) is 11.4 Å². The molecule has 2 rings (SSSR count). The van der Waals surface area contributed by atoms with E-state index in [0.29, 0.717) is 5.56 Å². The van der Waals surface area contributed by atoms with Gasteiger partial charge >= 0.3 is 0 Å². The lowest BCUT2D eigenvalue weighted by Gasteiger charge is -2.12. The van der Waals surface area contributed by atoms with Crippen molar-refractivity contribution < 1.29 is 17.2 Å². The first kappa shape index (κ1) is 16.3. The second-order valence-electron chi connectivity index (χ2n) is 5.12. The van der Waals surface area contributed by atoms with Gasteiger partial charge in [-0.05, 0) is 11.5 Å². The maximum Gasteiger partial charge on any atom is 0.244 e. The quantitative estimate of drug-likeness (QED) is 0.877. The molecule has 8 heteroatoms. The second-order valence-corrected chi connectivity index (χ2v) is 6.87. The molecule has 0 spiro atoms. The van der Waals surface area contributed by atoms with Crippen LogP contribution in [-0.2, 0) is 10.0 Å². The molecular formula is C14H15F2N3O2S. The Bertz CT molecular complexity index is 784. The Labute approximate surface area is 127 Å². The molecule has 1 aromatic heterocycles. The molecule has 1 N–H and O–H groups in total. The summed E-state index contributed by atoms with van der Waals surface area (Å²) in [6.07, 6.45) is 0.786. The van der Waals surface area contributed by atoms with Crippen molar-refractivity contribution in [1.82, 2.24) is 9.97 Å². The Balaban J connectivity index is 2.56. The van der Waals surface area contributed by atoms with E-state index in [9.17, 15) is 17.2 Å². The fourth-order valence-electron chi connectivity index (χ4n) is 2.00. The van der Waals surface area contributed by atoms with Crippen molar-refractivity contribution in [2.24, 2.45) is 0 Å². The minimum Gasteiger partial charge on any atom is -0.275 e. The zero-order valence-electron chi connectivity index (χ0n) is 12.3. The lowest BCUT2D eigenvalue weighted by atomic mass is 9.97. The van der Waals surface area contributed by atoms with Crippen molar-refractivity contribution >= 4 is 15.7 Å². The third-order valence-electron chi connectivity index (χ3n) is 2.93. The highest BCUT2D eigenvalue weighted by atomic mass is 32.2. The maximum absolute atomic E-state index is 13.9. The van der Waals surface area contributed by atoms with E-state index < -0.39 is 27.6 Å². The molecule has 5 nitrogen and oxygen atoms in total. The van der Waals surface area contributed by atoms with Gasteiger partial charge in [-0.15, -0.1) is 0 Å². The average Bonchev–Trinajstić information content (AvgIpc) is 2.41. The molecule has 0 aliphatic rings. The molecule has 1 aromatic carbocycles. The van der Waals surface area contributed by atoms with Gasteiger partial charge in [-0.1, -0.05) is 38.1 Å². The number of anilines is 1. The van der Waals surface area contributed by atoms with Crippen molar-refractivity contribution in [2.75, 3.05) is 11.0 Å². The summed E-state index contributed by atoms with van der Waals surface area (Å²) in [4.78, 5) is 7.17. The number of nitrogens with zero attached hydrogens (tertiary/aromatic N) is 2. The Morgan fingerprint density at radius 1 is 1.09 bits per heavy atom. The van der Waals surface area contributed by atoms with Crippen LogP contribution in [-0.4, -0.2) is 24.6 Å². The topological polar surface area (TPSA) is 72.0 Å². The summed E-state index contributed by atoms with van der Waals surface area (Å²) in [6, 6.07) is 7.00. The van der Waals surface area contributed by atoms with Gasteiger partial charge in [0.2, 0.25) is 21.9 Å². The molecule has 0 amide bonds. The van der Waals surface area contributed by atoms with Gasteiger partial charge in [0.15, 0.2) is 11.5 Å². The molecule has 0 aliphatic heterocycles. The molecule has 2 aromatic rings. The molecular weight excluding hydrogens is 312 g/mol. The number of halogens is 2. The molecule has 1 heterocycles. The van der Waals surface area contributed by atoms with Crippen molar-refractivity contribution in [3.05, 3.63) is 41.7 Å². The highest BCUT2D eigenvalue weighted by molar-refractivity contribution is 7.92. The molecule has 0 aliphatic carbocycles. The van der Waals surface area contributed by atoms with Gasteiger partial charge in [-0.25, -0.2) is 8.42 Å². The summed E-state index contributed by atoms with van der Waals surface area (Å²) < 4.78 is 51.8. The third-order valence-corrected chi connectivity index (χ3v) is 3.51. The molecule has 0 atom stereocenters. The standard InChI is InChI=1S/C14H15F2N3O2S/c1-8(2)9-6-4-5-7-10(9)14-17-12(15)11(13(16)18-14)19-22(3,20)21/h4-8,19H,1-3H3. The van der Waals surface area contributed by atoms with Crippen LogP contribution in [0.3, 0.4) is 0 Å². The van der Waals surface area contributed by atoms with Crippen LogP contribution in [0.5, 0.6) is 0 Å². The summed E-state index contributed by atoms with van der Waals surface area (Å²) >= 11 is 0. The molecule has 0 bridgehead atoms. The average molecular weight is 327 g/mol. The summed E-state index contributed by atoms with van der Waals surface area (Å²) in [7, 11) is -3.83. The van der Waals surface area contributed by atoms with Crippen molar-refractivity contribution in [2.45, 2.75) is 19.8 Å². The smallest absolute Gasteiger partial charge is 0.244 e. The van der Waals surface area contributed by atoms with Crippen LogP contribution >= 0.6 is 0 Å². The molecule has 0 fully saturated rings. The van der Waals surface area contributed by atoms with E-state index in [4.69, 9.17) is 0 Å². The first-order chi connectivity index (χ1) is 10.2. The second kappa shape index (κ2) is 5.96. The normalized spacial score (nSPS) is 11.7. The van der Waals surface area contributed by atoms with Crippen LogP contribution < -0.4 is 4.72 Å². The molecule has 0 radical (unpaired) electrons. The van der Waals surface area contributed by atoms with E-state index in [1.165, 1.54) is 0 Å². The van der Waals surface area contributed by atoms with Gasteiger partial charge in [0.25, 0.3) is 0 Å². The zero-order valence-corrected chi connectivity index (χ0v) is 13.1. The molecule has 0 saturated heterocycles. The Hall–Kier alpha value is -2.09. The maximum atomic E-state index is 13.9. The predicted molar refractivity (Wildman–Crippen MR) is 79.9 cm³/mol. The van der Waals surface area contributed by atoms with Crippen LogP contribution in [0.4, 0.5) is 14.5 Å². The SMILES string of the molecule is CC(C)c1ccccc1-c1nc(F)c(NS(C)(=O)=O)c(F)n1. The minimum atomic E-state index is -3.83. The van der Waals surface area contributed by atoms with E-state index >= 15 is 0 Å². The number of aromatic nitrogens is 2. The van der Waals surface area contributed by atoms with Gasteiger partial charge in [-0.3, -0.25) is 4.72 Å². The summed E-state index contributed by atoms with van der Waals surface area (Å²) in [5, 5.41) is 0. The predicted octanol–water partition coefficient (Wildman–Crippen LogP) is 2.92. The van der Waals surface area contributed by atoms with E-state index in [0.717, 1.165) is 11.8 Å². The number of rotatable bonds is 4. The fraction of sp³-hybridized carbons (Fsp3) is 0.286. The Morgan fingerprint density at radius 2 is 1.64 bits per heavy atom. The summed E-state index contributed by atoms with van der Waals surface area (Å²) in [5.74, 6) is -2.53. The van der Waals surface area contributed by atoms with Crippen LogP contribution in [0, 0.1) is 11.9 Å². The summed E-state index contributed by atoms with van der Waals surface area (Å²) in [5.41, 5.74) is 0.458. The number of hydrogen-bond acceptors (Lipinski definition) is 4. The van der Waals surface area contributed by atoms with E-state index in [1.807, 2.05) is 26.0 Å². The number of sulfonamides is 1. The summed E-state index contributed by atoms with van der Waals surface area (Å²) in [6.45, 7) is 3.87. The Morgan fingerprint density at radius 3 is 2.14 bits per heavy atom. The van der Waals surface area contributed by atoms with Crippen molar-refractivity contribution in [1.29, 1.82) is 0 Å². The van der Waals surface area contributed by atoms with Gasteiger partial charge in [0.05, 0.1) is 6.26 Å². The number of nitrogens with one attached hydrogen (secondary N) is 1. The molecule has 118 valence electrons. The Kier molecular flexibility index (Phi) is 4.41. The monoisotopic (exact) mass is 327 g/mol. The zero-order chi connectivity index (χ0) is 16.5. The number of benzene rings is 1. The molecule has 0 saturated carbocycles. The van der Waals surface area contributed by atoms with Gasteiger partial charge < -0.3 is 0 Å². The van der Waals surface area contributed by atoms with E-state index in [1.54, 1.807) is 16.9 Å². The van der Waals surface area contributed by atoms with E-state index in [-0.39, 0.29) is 11.7 Å². The first-order valence-corrected chi connectivity index (χ1v) is 8.38. The van der Waals surface area contributed by atoms with Gasteiger partial charge in [0, 0.05) is 5.56 Å². The lowest BCUT2D eigenvalue weighted by Crippen LogP contribution is -2.15. The third kappa shape index (κ3) is 3.56. The minimum absolute atomic E-state index is 0.111. The molecule has 0 unspecified atom stereocenters. The highest BCUT2D eigenvalue weighted by Gasteiger charge is 2.20. The van der Waals surface area contributed by atoms with Gasteiger partial charge in [-0.2, -0.15) is 18.7 Å². The lowest BCUT2D eigenvalue weighted by molar-refractivity contribution is 0.534. The van der Waals surface area contributed by atoms with Crippen LogP contribution in [0.15, 0.2) is 24.3 Å². The van der Waals surface area contributed by atoms with Crippen LogP contribution in [0.2, 0.25) is 0 Å². The van der Waals surface area contributed by atoms with Gasteiger partial charge in [0.1, 0.15) is 0 Å². The number of hydrogen-bond donors (Lipinski definition) is 1. The van der Waals surface area contributed by atoms with Crippen LogP contribution in [0.25, 0.3) is 11.4 Å². The van der Waals surface area contributed by atoms with Crippen LogP contribution in [0.1, 0.15) is 25.3 Å². The van der Waals surface area contributed by atoms with E-state index in [2.05, 4.69) is 9.97 Å². The van der Waals surface area contributed by atoms with Crippen molar-refractivity contribution in [3.63, 3.8) is 0 Å². The highest BCUT2D eigenvalue weighted by Crippen LogP contribution is 2.28. The largest absolute Gasteiger partial charge is 0.275 e. The fourth-order valence-corrected chi connectivity index (χ4v) is 2.54. The molecule has 22 heavy (non-hydrogen) atoms.